The quantitative estimate of drug-likeness (QED) is 0.488. The monoisotopic (exact) mass is 414 g/mol. The number of likely N-dealkylation sites (tertiary alicyclic amines) is 1. The van der Waals surface area contributed by atoms with Gasteiger partial charge in [0.15, 0.2) is 17.2 Å². The van der Waals surface area contributed by atoms with Gasteiger partial charge < -0.3 is 24.8 Å². The van der Waals surface area contributed by atoms with Gasteiger partial charge in [0.05, 0.1) is 12.6 Å². The first-order valence-electron chi connectivity index (χ1n) is 10.5. The number of fused-ring (bicyclic) bond motifs is 1. The van der Waals surface area contributed by atoms with Crippen LogP contribution in [-0.2, 0) is 0 Å². The summed E-state index contributed by atoms with van der Waals surface area (Å²) in [7, 11) is 0. The van der Waals surface area contributed by atoms with Gasteiger partial charge in [0.25, 0.3) is 0 Å². The van der Waals surface area contributed by atoms with Crippen LogP contribution in [0.4, 0.5) is 0 Å². The highest BCUT2D eigenvalue weighted by molar-refractivity contribution is 5.45. The number of β-amino-alcohol motifs (C(OH)–C–C–N with tert-alkyl or cyclic N) is 1. The van der Waals surface area contributed by atoms with Crippen molar-refractivity contribution in [2.24, 2.45) is 0 Å². The number of nitrogens with zero attached hydrogens (tertiary/aromatic N) is 1. The summed E-state index contributed by atoms with van der Waals surface area (Å²) in [5.74, 6) is 1.19. The van der Waals surface area contributed by atoms with Crippen LogP contribution in [0.25, 0.3) is 0 Å². The maximum absolute atomic E-state index is 11.7. The van der Waals surface area contributed by atoms with Gasteiger partial charge in [-0.05, 0) is 49.2 Å². The molecular weight excluding hydrogens is 384 g/mol. The van der Waals surface area contributed by atoms with E-state index in [9.17, 15) is 15.3 Å². The standard InChI is InChI=1S/C23H30N2O5/c26-15-19(17-6-2-1-3-7-17)24-23(28,16-25-10-4-5-11-25)22(27)18-8-9-20-21(14-18)30-13-12-29-20/h1-3,6-9,14,19,22,24,26-28H,4-5,10-13,15-16H2/t19-,22+,23?/m0/s1. The Bertz CT molecular complexity index is 828. The minimum absolute atomic E-state index is 0.208. The molecule has 30 heavy (non-hydrogen) atoms. The van der Waals surface area contributed by atoms with Crippen molar-refractivity contribution in [2.45, 2.75) is 30.7 Å². The van der Waals surface area contributed by atoms with Crippen LogP contribution in [0, 0.1) is 0 Å². The molecule has 0 aromatic heterocycles. The number of hydrogen-bond donors (Lipinski definition) is 4. The number of aliphatic hydroxyl groups excluding tert-OH is 2. The van der Waals surface area contributed by atoms with Gasteiger partial charge >= 0.3 is 0 Å². The van der Waals surface area contributed by atoms with Crippen molar-refractivity contribution in [1.29, 1.82) is 0 Å². The molecule has 1 unspecified atom stereocenters. The first kappa shape index (κ1) is 21.1. The summed E-state index contributed by atoms with van der Waals surface area (Å²) in [6.07, 6.45) is 0.906. The summed E-state index contributed by atoms with van der Waals surface area (Å²) < 4.78 is 11.2. The second-order valence-corrected chi connectivity index (χ2v) is 8.00. The molecule has 0 spiro atoms. The number of rotatable bonds is 8. The normalized spacial score (nSPS) is 20.5. The second-order valence-electron chi connectivity index (χ2n) is 8.00. The molecule has 2 aromatic rings. The molecule has 0 amide bonds. The van der Waals surface area contributed by atoms with E-state index < -0.39 is 17.9 Å². The van der Waals surface area contributed by atoms with Gasteiger partial charge in [-0.3, -0.25) is 10.2 Å². The highest BCUT2D eigenvalue weighted by Crippen LogP contribution is 2.36. The highest BCUT2D eigenvalue weighted by atomic mass is 16.6. The van der Waals surface area contributed by atoms with E-state index in [-0.39, 0.29) is 13.2 Å². The van der Waals surface area contributed by atoms with Crippen LogP contribution in [0.5, 0.6) is 11.5 Å². The Kier molecular flexibility index (Phi) is 6.55. The molecule has 2 heterocycles. The van der Waals surface area contributed by atoms with Crippen molar-refractivity contribution in [3.8, 4) is 11.5 Å². The predicted octanol–water partition coefficient (Wildman–Crippen LogP) is 1.60. The van der Waals surface area contributed by atoms with Crippen molar-refractivity contribution in [3.63, 3.8) is 0 Å². The summed E-state index contributed by atoms with van der Waals surface area (Å²) >= 11 is 0. The lowest BCUT2D eigenvalue weighted by atomic mass is 9.95. The molecule has 2 aliphatic rings. The average molecular weight is 415 g/mol. The van der Waals surface area contributed by atoms with Crippen LogP contribution in [-0.4, -0.2) is 65.4 Å². The van der Waals surface area contributed by atoms with Gasteiger partial charge in [-0.2, -0.15) is 0 Å². The zero-order chi connectivity index (χ0) is 21.0. The minimum Gasteiger partial charge on any atom is -0.486 e. The summed E-state index contributed by atoms with van der Waals surface area (Å²) in [6, 6.07) is 14.1. The van der Waals surface area contributed by atoms with Crippen molar-refractivity contribution in [3.05, 3.63) is 59.7 Å². The van der Waals surface area contributed by atoms with Crippen LogP contribution in [0.2, 0.25) is 0 Å². The molecule has 2 aliphatic heterocycles. The van der Waals surface area contributed by atoms with E-state index in [1.807, 2.05) is 30.3 Å². The van der Waals surface area contributed by atoms with E-state index in [2.05, 4.69) is 10.2 Å². The Morgan fingerprint density at radius 1 is 0.967 bits per heavy atom. The van der Waals surface area contributed by atoms with Gasteiger partial charge in [0.1, 0.15) is 19.3 Å². The predicted molar refractivity (Wildman–Crippen MR) is 112 cm³/mol. The molecule has 0 radical (unpaired) electrons. The summed E-state index contributed by atoms with van der Waals surface area (Å²) in [4.78, 5) is 2.13. The molecule has 0 saturated carbocycles. The Morgan fingerprint density at radius 3 is 2.37 bits per heavy atom. The average Bonchev–Trinajstić information content (AvgIpc) is 3.30. The summed E-state index contributed by atoms with van der Waals surface area (Å²) in [5, 5.41) is 36.1. The Hall–Kier alpha value is -2.16. The van der Waals surface area contributed by atoms with Gasteiger partial charge in [-0.15, -0.1) is 0 Å². The Morgan fingerprint density at radius 2 is 1.67 bits per heavy atom. The first-order chi connectivity index (χ1) is 14.6. The molecule has 7 heteroatoms. The molecule has 2 aromatic carbocycles. The fourth-order valence-electron chi connectivity index (χ4n) is 4.22. The Labute approximate surface area is 176 Å². The molecule has 0 bridgehead atoms. The molecule has 7 nitrogen and oxygen atoms in total. The van der Waals surface area contributed by atoms with E-state index >= 15 is 0 Å². The molecule has 4 N–H and O–H groups in total. The Balaban J connectivity index is 1.62. The number of hydrogen-bond acceptors (Lipinski definition) is 7. The second kappa shape index (κ2) is 9.32. The van der Waals surface area contributed by atoms with Crippen LogP contribution >= 0.6 is 0 Å². The SMILES string of the molecule is OC[C@H](NC(O)(CN1CCCC1)[C@H](O)c1ccc2c(c1)OCCO2)c1ccccc1. The lowest BCUT2D eigenvalue weighted by Crippen LogP contribution is -2.58. The third-order valence-electron chi connectivity index (χ3n) is 5.81. The van der Waals surface area contributed by atoms with E-state index in [0.29, 0.717) is 30.3 Å². The molecule has 4 rings (SSSR count). The van der Waals surface area contributed by atoms with E-state index in [1.165, 1.54) is 0 Å². The fraction of sp³-hybridized carbons (Fsp3) is 0.478. The maximum Gasteiger partial charge on any atom is 0.161 e. The molecule has 1 fully saturated rings. The largest absolute Gasteiger partial charge is 0.486 e. The van der Waals surface area contributed by atoms with Crippen molar-refractivity contribution >= 4 is 0 Å². The van der Waals surface area contributed by atoms with Crippen LogP contribution < -0.4 is 14.8 Å². The number of benzene rings is 2. The molecule has 3 atom stereocenters. The van der Waals surface area contributed by atoms with Crippen molar-refractivity contribution in [1.82, 2.24) is 10.2 Å². The first-order valence-corrected chi connectivity index (χ1v) is 10.5. The van der Waals surface area contributed by atoms with Crippen LogP contribution in [0.1, 0.15) is 36.1 Å². The summed E-state index contributed by atoms with van der Waals surface area (Å²) in [6.45, 7) is 2.71. The highest BCUT2D eigenvalue weighted by Gasteiger charge is 2.41. The third-order valence-corrected chi connectivity index (χ3v) is 5.81. The molecule has 0 aliphatic carbocycles. The van der Waals surface area contributed by atoms with E-state index in [4.69, 9.17) is 9.47 Å². The number of ether oxygens (including phenoxy) is 2. The lowest BCUT2D eigenvalue weighted by molar-refractivity contribution is -0.124. The smallest absolute Gasteiger partial charge is 0.161 e. The molecule has 1 saturated heterocycles. The number of aliphatic hydroxyl groups is 3. The minimum atomic E-state index is -1.67. The van der Waals surface area contributed by atoms with Gasteiger partial charge in [-0.1, -0.05) is 36.4 Å². The van der Waals surface area contributed by atoms with Gasteiger partial charge in [-0.25, -0.2) is 0 Å². The molecule has 162 valence electrons. The zero-order valence-corrected chi connectivity index (χ0v) is 17.0. The van der Waals surface area contributed by atoms with Crippen molar-refractivity contribution in [2.75, 3.05) is 39.5 Å². The lowest BCUT2D eigenvalue weighted by Gasteiger charge is -2.40. The van der Waals surface area contributed by atoms with Crippen molar-refractivity contribution < 1.29 is 24.8 Å². The summed E-state index contributed by atoms with van der Waals surface area (Å²) in [5.41, 5.74) is -0.301. The van der Waals surface area contributed by atoms with Crippen LogP contribution in [0.15, 0.2) is 48.5 Å². The van der Waals surface area contributed by atoms with Gasteiger partial charge in [0.2, 0.25) is 0 Å². The fourth-order valence-corrected chi connectivity index (χ4v) is 4.22. The number of nitrogens with one attached hydrogen (secondary N) is 1. The maximum atomic E-state index is 11.7. The molecular formula is C23H30N2O5. The van der Waals surface area contributed by atoms with Gasteiger partial charge in [0, 0.05) is 6.54 Å². The zero-order valence-electron chi connectivity index (χ0n) is 17.0. The van der Waals surface area contributed by atoms with Crippen LogP contribution in [0.3, 0.4) is 0 Å². The topological polar surface area (TPSA) is 94.4 Å². The van der Waals surface area contributed by atoms with E-state index in [1.54, 1.807) is 18.2 Å². The van der Waals surface area contributed by atoms with E-state index in [0.717, 1.165) is 31.5 Å². The third kappa shape index (κ3) is 4.61.